The van der Waals surface area contributed by atoms with E-state index >= 15 is 0 Å². The monoisotopic (exact) mass is 498 g/mol. The zero-order valence-electron chi connectivity index (χ0n) is 18.4. The summed E-state index contributed by atoms with van der Waals surface area (Å²) in [6, 6.07) is 13.8. The van der Waals surface area contributed by atoms with E-state index in [1.807, 2.05) is 13.8 Å². The molecule has 0 unspecified atom stereocenters. The molecule has 0 saturated carbocycles. The number of phenols is 2. The molecule has 8 nitrogen and oxygen atoms in total. The summed E-state index contributed by atoms with van der Waals surface area (Å²) in [4.78, 5) is 0.0863. The zero-order chi connectivity index (χ0) is 24.4. The Morgan fingerprint density at radius 2 is 1.32 bits per heavy atom. The topological polar surface area (TPSA) is 117 Å². The average molecular weight is 499 g/mol. The second-order valence-corrected chi connectivity index (χ2v) is 12.1. The highest BCUT2D eigenvalue weighted by atomic mass is 32.2. The van der Waals surface area contributed by atoms with Gasteiger partial charge in [0.25, 0.3) is 20.0 Å². The third-order valence-corrected chi connectivity index (χ3v) is 9.59. The lowest BCUT2D eigenvalue weighted by Crippen LogP contribution is -2.35. The van der Waals surface area contributed by atoms with Crippen LogP contribution < -0.4 is 4.31 Å². The molecule has 0 aliphatic carbocycles. The molecule has 2 N–H and O–H groups in total. The normalized spacial score (nSPS) is 14.0. The van der Waals surface area contributed by atoms with Crippen LogP contribution in [0.4, 0.5) is 5.69 Å². The van der Waals surface area contributed by atoms with E-state index < -0.39 is 31.5 Å². The average Bonchev–Trinajstić information content (AvgIpc) is 3.20. The smallest absolute Gasteiger partial charge is 0.268 e. The molecule has 176 valence electrons. The Kier molecular flexibility index (Phi) is 4.92. The van der Waals surface area contributed by atoms with Crippen LogP contribution in [-0.4, -0.2) is 37.6 Å². The van der Waals surface area contributed by atoms with E-state index in [0.29, 0.717) is 5.56 Å². The zero-order valence-corrected chi connectivity index (χ0v) is 20.1. The van der Waals surface area contributed by atoms with E-state index in [9.17, 15) is 27.0 Å². The van der Waals surface area contributed by atoms with Crippen molar-refractivity contribution in [2.45, 2.75) is 30.1 Å². The summed E-state index contributed by atoms with van der Waals surface area (Å²) in [5.74, 6) is -1.24. The molecule has 1 aliphatic heterocycles. The first kappa shape index (κ1) is 22.3. The van der Waals surface area contributed by atoms with Gasteiger partial charge in [-0.1, -0.05) is 35.4 Å². The SMILES string of the molecule is Cc1ccc(S(=O)(=O)N2CCc3cn(S(=O)(=O)c4ccc(C)cc4)c4c(O)c(O)cc2c34)cc1. The van der Waals surface area contributed by atoms with Gasteiger partial charge in [-0.25, -0.2) is 20.8 Å². The van der Waals surface area contributed by atoms with Crippen LogP contribution in [0.3, 0.4) is 0 Å². The first-order valence-corrected chi connectivity index (χ1v) is 13.4. The minimum Gasteiger partial charge on any atom is -0.504 e. The summed E-state index contributed by atoms with van der Waals surface area (Å²) in [7, 11) is -8.13. The number of aromatic hydroxyl groups is 2. The fourth-order valence-corrected chi connectivity index (χ4v) is 7.12. The van der Waals surface area contributed by atoms with Crippen LogP contribution in [0.15, 0.2) is 70.6 Å². The maximum absolute atomic E-state index is 13.5. The van der Waals surface area contributed by atoms with Gasteiger partial charge in [0, 0.05) is 24.2 Å². The van der Waals surface area contributed by atoms with Crippen LogP contribution in [-0.2, 0) is 26.5 Å². The predicted molar refractivity (Wildman–Crippen MR) is 128 cm³/mol. The van der Waals surface area contributed by atoms with Crippen LogP contribution in [0.2, 0.25) is 0 Å². The number of anilines is 1. The number of rotatable bonds is 4. The van der Waals surface area contributed by atoms with Crippen molar-refractivity contribution in [2.75, 3.05) is 10.8 Å². The fourth-order valence-electron chi connectivity index (χ4n) is 4.26. The Balaban J connectivity index is 1.76. The van der Waals surface area contributed by atoms with Gasteiger partial charge in [0.15, 0.2) is 11.5 Å². The van der Waals surface area contributed by atoms with E-state index in [4.69, 9.17) is 0 Å². The molecule has 4 aromatic rings. The lowest BCUT2D eigenvalue weighted by atomic mass is 10.0. The number of nitrogens with zero attached hydrogens (tertiary/aromatic N) is 2. The molecule has 10 heteroatoms. The molecule has 5 rings (SSSR count). The number of aromatic nitrogens is 1. The van der Waals surface area contributed by atoms with Crippen LogP contribution in [0.1, 0.15) is 16.7 Å². The lowest BCUT2D eigenvalue weighted by molar-refractivity contribution is 0.407. The van der Waals surface area contributed by atoms with Gasteiger partial charge in [-0.2, -0.15) is 0 Å². The molecule has 0 radical (unpaired) electrons. The summed E-state index contributed by atoms with van der Waals surface area (Å²) in [6.07, 6.45) is 1.62. The van der Waals surface area contributed by atoms with Crippen molar-refractivity contribution in [1.29, 1.82) is 0 Å². The van der Waals surface area contributed by atoms with Gasteiger partial charge in [-0.15, -0.1) is 0 Å². The van der Waals surface area contributed by atoms with Gasteiger partial charge in [0.2, 0.25) is 0 Å². The van der Waals surface area contributed by atoms with E-state index in [1.165, 1.54) is 30.5 Å². The van der Waals surface area contributed by atoms with Crippen molar-refractivity contribution in [3.05, 3.63) is 77.5 Å². The van der Waals surface area contributed by atoms with Crippen molar-refractivity contribution in [3.8, 4) is 11.5 Å². The number of hydrogen-bond acceptors (Lipinski definition) is 6. The highest BCUT2D eigenvalue weighted by Gasteiger charge is 2.35. The first-order valence-electron chi connectivity index (χ1n) is 10.5. The summed E-state index contributed by atoms with van der Waals surface area (Å²) < 4.78 is 55.9. The Bertz CT molecular complexity index is 1650. The fraction of sp³-hybridized carbons (Fsp3) is 0.167. The Hall–Kier alpha value is -3.50. The first-order chi connectivity index (χ1) is 16.0. The van der Waals surface area contributed by atoms with Crippen molar-refractivity contribution < 1.29 is 27.0 Å². The lowest BCUT2D eigenvalue weighted by Gasteiger charge is -2.29. The van der Waals surface area contributed by atoms with Crippen LogP contribution in [0, 0.1) is 13.8 Å². The van der Waals surface area contributed by atoms with Crippen molar-refractivity contribution in [2.24, 2.45) is 0 Å². The van der Waals surface area contributed by atoms with Crippen molar-refractivity contribution >= 4 is 36.6 Å². The maximum Gasteiger partial charge on any atom is 0.268 e. The molecule has 0 saturated heterocycles. The van der Waals surface area contributed by atoms with Crippen LogP contribution >= 0.6 is 0 Å². The molecule has 0 amide bonds. The molecule has 0 atom stereocenters. The van der Waals surface area contributed by atoms with Gasteiger partial charge in [0.1, 0.15) is 5.52 Å². The molecule has 0 fully saturated rings. The largest absolute Gasteiger partial charge is 0.504 e. The van der Waals surface area contributed by atoms with Gasteiger partial charge < -0.3 is 10.2 Å². The number of phenolic OH excluding ortho intramolecular Hbond substituents is 2. The second kappa shape index (κ2) is 7.51. The van der Waals surface area contributed by atoms with E-state index in [2.05, 4.69) is 0 Å². The summed E-state index contributed by atoms with van der Waals surface area (Å²) in [5, 5.41) is 21.4. The highest BCUT2D eigenvalue weighted by molar-refractivity contribution is 7.93. The van der Waals surface area contributed by atoms with Crippen LogP contribution in [0.5, 0.6) is 11.5 Å². The molecule has 2 heterocycles. The second-order valence-electron chi connectivity index (χ2n) is 8.40. The van der Waals surface area contributed by atoms with Gasteiger partial charge in [-0.05, 0) is 50.1 Å². The maximum atomic E-state index is 13.5. The quantitative estimate of drug-likeness (QED) is 0.415. The predicted octanol–water partition coefficient (Wildman–Crippen LogP) is 3.66. The van der Waals surface area contributed by atoms with Gasteiger partial charge in [-0.3, -0.25) is 4.31 Å². The number of sulfonamides is 1. The Morgan fingerprint density at radius 1 is 0.794 bits per heavy atom. The summed E-state index contributed by atoms with van der Waals surface area (Å²) >= 11 is 0. The summed E-state index contributed by atoms with van der Waals surface area (Å²) in [6.45, 7) is 3.74. The van der Waals surface area contributed by atoms with Crippen molar-refractivity contribution in [3.63, 3.8) is 0 Å². The Morgan fingerprint density at radius 3 is 1.88 bits per heavy atom. The van der Waals surface area contributed by atoms with E-state index in [0.717, 1.165) is 25.5 Å². The summed E-state index contributed by atoms with van der Waals surface area (Å²) in [5.41, 5.74) is 2.31. The Labute approximate surface area is 197 Å². The third-order valence-electron chi connectivity index (χ3n) is 6.09. The van der Waals surface area contributed by atoms with Crippen LogP contribution in [0.25, 0.3) is 10.9 Å². The molecule has 1 aliphatic rings. The van der Waals surface area contributed by atoms with Gasteiger partial charge >= 0.3 is 0 Å². The minimum atomic E-state index is -4.13. The standard InChI is InChI=1S/C24H22N2O6S2/c1-15-3-7-18(8-4-15)33(29,30)25-12-11-17-14-26(23-22(17)20(25)13-21(27)24(23)28)34(31,32)19-9-5-16(2)6-10-19/h3-10,13-14,27-28H,11-12H2,1-2H3. The highest BCUT2D eigenvalue weighted by Crippen LogP contribution is 2.47. The van der Waals surface area contributed by atoms with Gasteiger partial charge in [0.05, 0.1) is 15.5 Å². The molecule has 0 bridgehead atoms. The minimum absolute atomic E-state index is 0.00854. The van der Waals surface area contributed by atoms with E-state index in [1.54, 1.807) is 24.3 Å². The third kappa shape index (κ3) is 3.24. The number of hydrogen-bond donors (Lipinski definition) is 2. The number of benzene rings is 3. The molecule has 3 aromatic carbocycles. The molecule has 0 spiro atoms. The molecule has 1 aromatic heterocycles. The van der Waals surface area contributed by atoms with Crippen molar-refractivity contribution in [1.82, 2.24) is 3.97 Å². The molecular weight excluding hydrogens is 476 g/mol. The van der Waals surface area contributed by atoms with E-state index in [-0.39, 0.29) is 39.3 Å². The number of aryl methyl sites for hydroxylation is 2. The molecular formula is C24H22N2O6S2. The molecule has 34 heavy (non-hydrogen) atoms.